The maximum atomic E-state index is 13.5. The van der Waals surface area contributed by atoms with Crippen molar-refractivity contribution in [2.24, 2.45) is 0 Å². The van der Waals surface area contributed by atoms with Crippen LogP contribution in [0.15, 0.2) is 102 Å². The Bertz CT molecular complexity index is 1320. The van der Waals surface area contributed by atoms with Crippen molar-refractivity contribution < 1.29 is 24.2 Å². The molecule has 2 heterocycles. The number of nitrogens with zero attached hydrogens (tertiary/aromatic N) is 1. The Balaban J connectivity index is 1.66. The Hall–Kier alpha value is -3.94. The summed E-state index contributed by atoms with van der Waals surface area (Å²) in [6.45, 7) is 2.05. The number of aliphatic carboxylic acids is 1. The highest BCUT2D eigenvalue weighted by molar-refractivity contribution is 6.30. The first-order chi connectivity index (χ1) is 17.9. The van der Waals surface area contributed by atoms with Crippen LogP contribution in [-0.4, -0.2) is 30.1 Å². The SMILES string of the molecule is CC1=C(C(=O)[O-])C(c2cccc(Cl)c2)C(C(=O)OCc2ccccc2)=C(COCCc2ccccn2)N1. The smallest absolute Gasteiger partial charge is 0.337 e. The number of carbonyl (C=O) groups excluding carboxylic acids is 2. The Morgan fingerprint density at radius 1 is 1.00 bits per heavy atom. The number of rotatable bonds is 10. The monoisotopic (exact) mass is 517 g/mol. The lowest BCUT2D eigenvalue weighted by Crippen LogP contribution is -2.38. The Morgan fingerprint density at radius 3 is 2.49 bits per heavy atom. The van der Waals surface area contributed by atoms with Crippen molar-refractivity contribution in [2.45, 2.75) is 25.9 Å². The molecular formula is C29H26ClN2O5-. The molecule has 0 saturated heterocycles. The van der Waals surface area contributed by atoms with Gasteiger partial charge < -0.3 is 24.7 Å². The summed E-state index contributed by atoms with van der Waals surface area (Å²) in [4.78, 5) is 30.1. The minimum atomic E-state index is -1.39. The standard InChI is InChI=1S/C29H27ClN2O5/c1-19-25(28(33)34)26(21-10-7-11-22(30)16-21)27(29(35)37-17-20-8-3-2-4-9-20)24(32-19)18-36-15-13-23-12-5-6-14-31-23/h2-12,14,16,26,32H,13,15,17-18H2,1H3,(H,33,34)/p-1. The van der Waals surface area contributed by atoms with Gasteiger partial charge >= 0.3 is 5.97 Å². The minimum absolute atomic E-state index is 0.0304. The zero-order valence-corrected chi connectivity index (χ0v) is 21.0. The fourth-order valence-corrected chi connectivity index (χ4v) is 4.44. The maximum Gasteiger partial charge on any atom is 0.337 e. The molecule has 0 amide bonds. The molecule has 0 saturated carbocycles. The number of nitrogens with one attached hydrogen (secondary N) is 1. The van der Waals surface area contributed by atoms with Crippen molar-refractivity contribution in [3.63, 3.8) is 0 Å². The Kier molecular flexibility index (Phi) is 8.72. The van der Waals surface area contributed by atoms with Crippen LogP contribution < -0.4 is 10.4 Å². The summed E-state index contributed by atoms with van der Waals surface area (Å²) in [6, 6.07) is 21.6. The lowest BCUT2D eigenvalue weighted by atomic mass is 9.80. The lowest BCUT2D eigenvalue weighted by molar-refractivity contribution is -0.299. The molecule has 1 aliphatic rings. The third-order valence-electron chi connectivity index (χ3n) is 5.95. The molecule has 1 unspecified atom stereocenters. The number of ether oxygens (including phenoxy) is 2. The van der Waals surface area contributed by atoms with E-state index in [2.05, 4.69) is 10.3 Å². The summed E-state index contributed by atoms with van der Waals surface area (Å²) < 4.78 is 11.5. The number of benzene rings is 2. The van der Waals surface area contributed by atoms with E-state index in [1.54, 1.807) is 37.4 Å². The van der Waals surface area contributed by atoms with Gasteiger partial charge in [0.2, 0.25) is 0 Å². The molecule has 2 aromatic carbocycles. The third kappa shape index (κ3) is 6.64. The van der Waals surface area contributed by atoms with Crippen molar-refractivity contribution >= 4 is 23.5 Å². The minimum Gasteiger partial charge on any atom is -0.545 e. The summed E-state index contributed by atoms with van der Waals surface area (Å²) in [5.74, 6) is -3.00. The van der Waals surface area contributed by atoms with Gasteiger partial charge in [0.25, 0.3) is 0 Å². The predicted molar refractivity (Wildman–Crippen MR) is 137 cm³/mol. The summed E-state index contributed by atoms with van der Waals surface area (Å²) in [5.41, 5.74) is 3.07. The molecule has 8 heteroatoms. The third-order valence-corrected chi connectivity index (χ3v) is 6.19. The molecule has 190 valence electrons. The van der Waals surface area contributed by atoms with E-state index in [1.165, 1.54) is 0 Å². The highest BCUT2D eigenvalue weighted by Crippen LogP contribution is 2.39. The zero-order valence-electron chi connectivity index (χ0n) is 20.3. The van der Waals surface area contributed by atoms with Gasteiger partial charge in [0, 0.05) is 40.5 Å². The van der Waals surface area contributed by atoms with Crippen molar-refractivity contribution in [2.75, 3.05) is 13.2 Å². The van der Waals surface area contributed by atoms with Gasteiger partial charge in [0.15, 0.2) is 0 Å². The lowest BCUT2D eigenvalue weighted by Gasteiger charge is -2.33. The second kappa shape index (κ2) is 12.3. The molecule has 0 spiro atoms. The van der Waals surface area contributed by atoms with E-state index < -0.39 is 17.9 Å². The molecule has 3 aromatic rings. The van der Waals surface area contributed by atoms with E-state index in [9.17, 15) is 14.7 Å². The molecule has 0 bridgehead atoms. The van der Waals surface area contributed by atoms with Crippen LogP contribution in [0.1, 0.15) is 29.7 Å². The first kappa shape index (κ1) is 26.1. The highest BCUT2D eigenvalue weighted by atomic mass is 35.5. The van der Waals surface area contributed by atoms with Gasteiger partial charge in [-0.3, -0.25) is 4.98 Å². The number of carbonyl (C=O) groups is 2. The van der Waals surface area contributed by atoms with Gasteiger partial charge in [0.1, 0.15) is 6.61 Å². The van der Waals surface area contributed by atoms with Crippen LogP contribution >= 0.6 is 11.6 Å². The van der Waals surface area contributed by atoms with Crippen LogP contribution in [0.5, 0.6) is 0 Å². The van der Waals surface area contributed by atoms with Crippen LogP contribution in [0.4, 0.5) is 0 Å². The van der Waals surface area contributed by atoms with Crippen molar-refractivity contribution in [3.05, 3.63) is 123 Å². The van der Waals surface area contributed by atoms with Gasteiger partial charge in [-0.1, -0.05) is 60.1 Å². The van der Waals surface area contributed by atoms with Crippen molar-refractivity contribution in [1.29, 1.82) is 0 Å². The molecular weight excluding hydrogens is 492 g/mol. The van der Waals surface area contributed by atoms with E-state index in [0.717, 1.165) is 11.3 Å². The summed E-state index contributed by atoms with van der Waals surface area (Å²) in [6.07, 6.45) is 2.30. The van der Waals surface area contributed by atoms with Crippen LogP contribution in [0, 0.1) is 0 Å². The number of halogens is 1. The number of dihydropyridines is 1. The Morgan fingerprint density at radius 2 is 1.78 bits per heavy atom. The molecule has 37 heavy (non-hydrogen) atoms. The number of allylic oxidation sites excluding steroid dienone is 1. The fraction of sp³-hybridized carbons (Fsp3) is 0.207. The fourth-order valence-electron chi connectivity index (χ4n) is 4.24. The van der Waals surface area contributed by atoms with Crippen molar-refractivity contribution in [3.8, 4) is 0 Å². The molecule has 7 nitrogen and oxygen atoms in total. The predicted octanol–water partition coefficient (Wildman–Crippen LogP) is 3.70. The van der Waals surface area contributed by atoms with Crippen LogP contribution in [-0.2, 0) is 32.1 Å². The molecule has 1 aromatic heterocycles. The highest BCUT2D eigenvalue weighted by Gasteiger charge is 2.36. The number of carboxylic acids is 1. The summed E-state index contributed by atoms with van der Waals surface area (Å²) in [5, 5.41) is 15.7. The maximum absolute atomic E-state index is 13.5. The van der Waals surface area contributed by atoms with Crippen molar-refractivity contribution in [1.82, 2.24) is 10.3 Å². The number of hydrogen-bond acceptors (Lipinski definition) is 7. The van der Waals surface area contributed by atoms with E-state index >= 15 is 0 Å². The summed E-state index contributed by atoms with van der Waals surface area (Å²) in [7, 11) is 0. The first-order valence-electron chi connectivity index (χ1n) is 11.8. The van der Waals surface area contributed by atoms with Crippen LogP contribution in [0.2, 0.25) is 5.02 Å². The second-order valence-corrected chi connectivity index (χ2v) is 8.95. The second-order valence-electron chi connectivity index (χ2n) is 8.52. The number of aromatic nitrogens is 1. The Labute approximate surface area is 220 Å². The van der Waals surface area contributed by atoms with Gasteiger partial charge in [-0.15, -0.1) is 0 Å². The van der Waals surface area contributed by atoms with E-state index in [0.29, 0.717) is 35.0 Å². The molecule has 0 radical (unpaired) electrons. The zero-order chi connectivity index (χ0) is 26.2. The average Bonchev–Trinajstić information content (AvgIpc) is 2.90. The first-order valence-corrected chi connectivity index (χ1v) is 12.2. The molecule has 0 fully saturated rings. The molecule has 0 aliphatic carbocycles. The van der Waals surface area contributed by atoms with Gasteiger partial charge in [0.05, 0.1) is 30.5 Å². The molecule has 1 aliphatic heterocycles. The van der Waals surface area contributed by atoms with Gasteiger partial charge in [-0.25, -0.2) is 4.79 Å². The number of pyridine rings is 1. The van der Waals surface area contributed by atoms with Gasteiger partial charge in [-0.05, 0) is 42.3 Å². The van der Waals surface area contributed by atoms with E-state index in [1.807, 2.05) is 48.5 Å². The molecule has 1 N–H and O–H groups in total. The average molecular weight is 518 g/mol. The van der Waals surface area contributed by atoms with E-state index in [-0.39, 0.29) is 24.4 Å². The largest absolute Gasteiger partial charge is 0.545 e. The molecule has 1 atom stereocenters. The number of carboxylic acid groups (broad SMARTS) is 1. The van der Waals surface area contributed by atoms with Crippen LogP contribution in [0.25, 0.3) is 0 Å². The number of hydrogen-bond donors (Lipinski definition) is 1. The van der Waals surface area contributed by atoms with Crippen LogP contribution in [0.3, 0.4) is 0 Å². The molecule has 4 rings (SSSR count). The quantitative estimate of drug-likeness (QED) is 0.323. The number of esters is 1. The topological polar surface area (TPSA) is 101 Å². The van der Waals surface area contributed by atoms with Gasteiger partial charge in [-0.2, -0.15) is 0 Å². The normalized spacial score (nSPS) is 15.4. The van der Waals surface area contributed by atoms with E-state index in [4.69, 9.17) is 21.1 Å². The summed E-state index contributed by atoms with van der Waals surface area (Å²) >= 11 is 6.24.